The van der Waals surface area contributed by atoms with Gasteiger partial charge in [-0.1, -0.05) is 11.6 Å². The van der Waals surface area contributed by atoms with E-state index in [0.29, 0.717) is 15.1 Å². The van der Waals surface area contributed by atoms with Crippen LogP contribution in [-0.2, 0) is 4.79 Å². The Hall–Kier alpha value is -1.07. The summed E-state index contributed by atoms with van der Waals surface area (Å²) in [5, 5.41) is 2.91. The number of carbonyl (C=O) groups is 2. The highest BCUT2D eigenvalue weighted by Gasteiger charge is 2.16. The van der Waals surface area contributed by atoms with E-state index in [1.165, 1.54) is 13.0 Å². The third-order valence-corrected chi connectivity index (χ3v) is 2.87. The minimum absolute atomic E-state index is 0.362. The van der Waals surface area contributed by atoms with Gasteiger partial charge in [-0.2, -0.15) is 0 Å². The molecule has 2 amide bonds. The first kappa shape index (κ1) is 13.0. The summed E-state index contributed by atoms with van der Waals surface area (Å²) < 4.78 is 0.603. The molecule has 0 aliphatic heterocycles. The molecule has 16 heavy (non-hydrogen) atoms. The van der Waals surface area contributed by atoms with E-state index in [1.54, 1.807) is 12.1 Å². The lowest BCUT2D eigenvalue weighted by atomic mass is 10.2. The molecule has 1 aromatic carbocycles. The Kier molecular flexibility index (Phi) is 4.32. The summed E-state index contributed by atoms with van der Waals surface area (Å²) in [6.07, 6.45) is 0. The number of primary amides is 1. The van der Waals surface area contributed by atoms with Crippen molar-refractivity contribution >= 4 is 39.3 Å². The molecule has 1 unspecified atom stereocenters. The van der Waals surface area contributed by atoms with E-state index < -0.39 is 17.9 Å². The fourth-order valence-corrected chi connectivity index (χ4v) is 1.62. The smallest absolute Gasteiger partial charge is 0.253 e. The molecule has 0 aliphatic rings. The first-order valence-corrected chi connectivity index (χ1v) is 5.64. The van der Waals surface area contributed by atoms with Gasteiger partial charge in [0.2, 0.25) is 5.91 Å². The lowest BCUT2D eigenvalue weighted by Gasteiger charge is -2.11. The number of hydrogen-bond acceptors (Lipinski definition) is 2. The minimum Gasteiger partial charge on any atom is -0.368 e. The molecule has 0 bridgehead atoms. The van der Waals surface area contributed by atoms with Crippen LogP contribution in [0.5, 0.6) is 0 Å². The minimum atomic E-state index is -0.724. The van der Waals surface area contributed by atoms with Crippen molar-refractivity contribution in [3.05, 3.63) is 33.3 Å². The maximum atomic E-state index is 11.7. The molecule has 0 fully saturated rings. The Morgan fingerprint density at radius 2 is 2.12 bits per heavy atom. The van der Waals surface area contributed by atoms with E-state index in [-0.39, 0.29) is 0 Å². The summed E-state index contributed by atoms with van der Waals surface area (Å²) in [4.78, 5) is 22.5. The van der Waals surface area contributed by atoms with Crippen LogP contribution in [0.25, 0.3) is 0 Å². The van der Waals surface area contributed by atoms with E-state index >= 15 is 0 Å². The summed E-state index contributed by atoms with van der Waals surface area (Å²) in [5.74, 6) is -0.993. The molecule has 0 saturated heterocycles. The number of hydrogen-bond donors (Lipinski definition) is 2. The molecule has 0 spiro atoms. The van der Waals surface area contributed by atoms with Crippen molar-refractivity contribution in [1.82, 2.24) is 5.32 Å². The lowest BCUT2D eigenvalue weighted by Crippen LogP contribution is -2.42. The van der Waals surface area contributed by atoms with Gasteiger partial charge in [0.15, 0.2) is 0 Å². The zero-order valence-corrected chi connectivity index (χ0v) is 10.8. The molecule has 0 radical (unpaired) electrons. The first-order valence-electron chi connectivity index (χ1n) is 4.47. The Bertz CT molecular complexity index is 437. The molecule has 3 N–H and O–H groups in total. The van der Waals surface area contributed by atoms with E-state index in [0.717, 1.165) is 0 Å². The van der Waals surface area contributed by atoms with Crippen LogP contribution in [0.3, 0.4) is 0 Å². The molecule has 1 aromatic rings. The highest BCUT2D eigenvalue weighted by Crippen LogP contribution is 2.21. The molecule has 0 saturated carbocycles. The Labute approximate surface area is 106 Å². The van der Waals surface area contributed by atoms with Gasteiger partial charge in [0, 0.05) is 9.50 Å². The third kappa shape index (κ3) is 3.21. The summed E-state index contributed by atoms with van der Waals surface area (Å²) in [5.41, 5.74) is 5.40. The maximum Gasteiger partial charge on any atom is 0.253 e. The number of amides is 2. The van der Waals surface area contributed by atoms with Crippen LogP contribution >= 0.6 is 27.5 Å². The summed E-state index contributed by atoms with van der Waals surface area (Å²) in [6, 6.07) is 4.10. The predicted octanol–water partition coefficient (Wildman–Crippen LogP) is 1.71. The summed E-state index contributed by atoms with van der Waals surface area (Å²) in [6.45, 7) is 1.51. The van der Waals surface area contributed by atoms with Crippen LogP contribution in [0.2, 0.25) is 5.02 Å². The number of rotatable bonds is 3. The van der Waals surface area contributed by atoms with Gasteiger partial charge in [-0.05, 0) is 41.1 Å². The molecular formula is C10H10BrClN2O2. The van der Waals surface area contributed by atoms with Crippen molar-refractivity contribution < 1.29 is 9.59 Å². The highest BCUT2D eigenvalue weighted by atomic mass is 79.9. The van der Waals surface area contributed by atoms with E-state index in [4.69, 9.17) is 17.3 Å². The van der Waals surface area contributed by atoms with E-state index in [1.807, 2.05) is 0 Å². The topological polar surface area (TPSA) is 72.2 Å². The van der Waals surface area contributed by atoms with Crippen LogP contribution in [0.1, 0.15) is 17.3 Å². The highest BCUT2D eigenvalue weighted by molar-refractivity contribution is 9.10. The van der Waals surface area contributed by atoms with E-state index in [9.17, 15) is 9.59 Å². The first-order chi connectivity index (χ1) is 7.41. The van der Waals surface area contributed by atoms with Gasteiger partial charge in [0.1, 0.15) is 6.04 Å². The van der Waals surface area contributed by atoms with Crippen LogP contribution in [0.15, 0.2) is 22.7 Å². The molecular weight excluding hydrogens is 295 g/mol. The van der Waals surface area contributed by atoms with Crippen molar-refractivity contribution in [2.24, 2.45) is 5.73 Å². The van der Waals surface area contributed by atoms with Crippen molar-refractivity contribution in [2.75, 3.05) is 0 Å². The zero-order chi connectivity index (χ0) is 12.3. The Morgan fingerprint density at radius 3 is 2.69 bits per heavy atom. The summed E-state index contributed by atoms with van der Waals surface area (Å²) in [7, 11) is 0. The molecule has 4 nitrogen and oxygen atoms in total. The predicted molar refractivity (Wildman–Crippen MR) is 65.3 cm³/mol. The van der Waals surface area contributed by atoms with Crippen LogP contribution < -0.4 is 11.1 Å². The number of halogens is 2. The molecule has 0 aromatic heterocycles. The van der Waals surface area contributed by atoms with Crippen LogP contribution in [0.4, 0.5) is 0 Å². The number of nitrogens with two attached hydrogens (primary N) is 1. The SMILES string of the molecule is CC(NC(=O)c1cc(Cl)ccc1Br)C(N)=O. The standard InChI is InChI=1S/C10H10BrClN2O2/c1-5(9(13)15)14-10(16)7-4-6(12)2-3-8(7)11/h2-5H,1H3,(H2,13,15)(H,14,16). The fourth-order valence-electron chi connectivity index (χ4n) is 1.02. The molecule has 1 atom stereocenters. The largest absolute Gasteiger partial charge is 0.368 e. The van der Waals surface area contributed by atoms with Crippen LogP contribution in [0, 0.1) is 0 Å². The fraction of sp³-hybridized carbons (Fsp3) is 0.200. The van der Waals surface area contributed by atoms with Gasteiger partial charge in [-0.25, -0.2) is 0 Å². The van der Waals surface area contributed by atoms with Crippen LogP contribution in [-0.4, -0.2) is 17.9 Å². The molecule has 0 heterocycles. The van der Waals surface area contributed by atoms with Crippen molar-refractivity contribution in [2.45, 2.75) is 13.0 Å². The van der Waals surface area contributed by atoms with Crippen molar-refractivity contribution in [3.63, 3.8) is 0 Å². The molecule has 0 aliphatic carbocycles. The molecule has 1 rings (SSSR count). The van der Waals surface area contributed by atoms with Crippen molar-refractivity contribution in [1.29, 1.82) is 0 Å². The van der Waals surface area contributed by atoms with Gasteiger partial charge in [0.05, 0.1) is 5.56 Å². The lowest BCUT2D eigenvalue weighted by molar-refractivity contribution is -0.119. The quantitative estimate of drug-likeness (QED) is 0.892. The van der Waals surface area contributed by atoms with Gasteiger partial charge >= 0.3 is 0 Å². The second-order valence-electron chi connectivity index (χ2n) is 3.22. The van der Waals surface area contributed by atoms with Gasteiger partial charge in [0.25, 0.3) is 5.91 Å². The normalized spacial score (nSPS) is 11.9. The second-order valence-corrected chi connectivity index (χ2v) is 4.51. The average molecular weight is 306 g/mol. The second kappa shape index (κ2) is 5.32. The Balaban J connectivity index is 2.88. The summed E-state index contributed by atoms with van der Waals surface area (Å²) >= 11 is 8.99. The van der Waals surface area contributed by atoms with E-state index in [2.05, 4.69) is 21.2 Å². The molecule has 6 heteroatoms. The van der Waals surface area contributed by atoms with Gasteiger partial charge < -0.3 is 11.1 Å². The van der Waals surface area contributed by atoms with Crippen molar-refractivity contribution in [3.8, 4) is 0 Å². The number of nitrogens with one attached hydrogen (secondary N) is 1. The monoisotopic (exact) mass is 304 g/mol. The maximum absolute atomic E-state index is 11.7. The number of benzene rings is 1. The Morgan fingerprint density at radius 1 is 1.50 bits per heavy atom. The van der Waals surface area contributed by atoms with Gasteiger partial charge in [-0.3, -0.25) is 9.59 Å². The zero-order valence-electron chi connectivity index (χ0n) is 8.46. The molecule has 86 valence electrons. The van der Waals surface area contributed by atoms with Gasteiger partial charge in [-0.15, -0.1) is 0 Å². The number of carbonyl (C=O) groups excluding carboxylic acids is 2. The average Bonchev–Trinajstić information content (AvgIpc) is 2.21. The third-order valence-electron chi connectivity index (χ3n) is 1.95.